The molecule has 1 saturated heterocycles. The van der Waals surface area contributed by atoms with Crippen LogP contribution in [0.5, 0.6) is 0 Å². The molecule has 0 spiro atoms. The molecular weight excluding hydrogens is 468 g/mol. The summed E-state index contributed by atoms with van der Waals surface area (Å²) in [7, 11) is 0. The van der Waals surface area contributed by atoms with E-state index >= 15 is 0 Å². The second kappa shape index (κ2) is 8.80. The fourth-order valence-corrected chi connectivity index (χ4v) is 4.59. The Morgan fingerprint density at radius 2 is 1.88 bits per heavy atom. The van der Waals surface area contributed by atoms with Crippen molar-refractivity contribution in [3.63, 3.8) is 0 Å². The van der Waals surface area contributed by atoms with Crippen LogP contribution in [0.1, 0.15) is 12.8 Å². The second-order valence-corrected chi connectivity index (χ2v) is 8.96. The first-order chi connectivity index (χ1) is 15.6. The molecule has 4 heterocycles. The van der Waals surface area contributed by atoms with Gasteiger partial charge in [-0.1, -0.05) is 28.1 Å². The lowest BCUT2D eigenvalue weighted by atomic mass is 9.98. The number of pyridine rings is 2. The standard InChI is InChI=1S/C24H23BrN6O/c25-18-3-1-2-16(10-18)19-11-20(30-24-22(19)23(26)28-14-29-24)17-4-5-21(27-12-17)31-8-6-15(13-32)7-9-31/h1-5,10-12,14-15,32H,6-9,13H2,(H2,26,28,29,30). The number of nitrogens with two attached hydrogens (primary N) is 1. The first-order valence-corrected chi connectivity index (χ1v) is 11.4. The topological polar surface area (TPSA) is 101 Å². The molecule has 162 valence electrons. The van der Waals surface area contributed by atoms with E-state index in [4.69, 9.17) is 15.7 Å². The third-order valence-electron chi connectivity index (χ3n) is 6.01. The third kappa shape index (κ3) is 4.03. The van der Waals surface area contributed by atoms with E-state index in [-0.39, 0.29) is 6.61 Å². The Labute approximate surface area is 194 Å². The van der Waals surface area contributed by atoms with Crippen molar-refractivity contribution in [3.05, 3.63) is 59.5 Å². The maximum Gasteiger partial charge on any atom is 0.165 e. The van der Waals surface area contributed by atoms with Crippen LogP contribution in [0.25, 0.3) is 33.4 Å². The molecule has 4 aromatic rings. The number of halogens is 1. The van der Waals surface area contributed by atoms with Crippen molar-refractivity contribution in [3.8, 4) is 22.4 Å². The number of benzene rings is 1. The third-order valence-corrected chi connectivity index (χ3v) is 6.50. The highest BCUT2D eigenvalue weighted by Gasteiger charge is 2.20. The minimum absolute atomic E-state index is 0.266. The Morgan fingerprint density at radius 1 is 1.03 bits per heavy atom. The van der Waals surface area contributed by atoms with E-state index in [1.807, 2.05) is 48.7 Å². The number of aliphatic hydroxyl groups is 1. The Kier molecular flexibility index (Phi) is 5.71. The number of hydrogen-bond acceptors (Lipinski definition) is 7. The van der Waals surface area contributed by atoms with E-state index in [1.165, 1.54) is 6.33 Å². The molecule has 8 heteroatoms. The van der Waals surface area contributed by atoms with Crippen molar-refractivity contribution in [2.75, 3.05) is 30.3 Å². The molecule has 1 aliphatic heterocycles. The second-order valence-electron chi connectivity index (χ2n) is 8.04. The van der Waals surface area contributed by atoms with Crippen LogP contribution in [0.2, 0.25) is 0 Å². The number of aliphatic hydroxyl groups excluding tert-OH is 1. The van der Waals surface area contributed by atoms with Gasteiger partial charge in [0.15, 0.2) is 5.65 Å². The molecule has 7 nitrogen and oxygen atoms in total. The van der Waals surface area contributed by atoms with Gasteiger partial charge < -0.3 is 15.7 Å². The number of nitrogen functional groups attached to an aromatic ring is 1. The van der Waals surface area contributed by atoms with Crippen LogP contribution in [0.3, 0.4) is 0 Å². The van der Waals surface area contributed by atoms with Gasteiger partial charge in [-0.05, 0) is 60.2 Å². The zero-order valence-corrected chi connectivity index (χ0v) is 19.0. The van der Waals surface area contributed by atoms with Crippen LogP contribution in [-0.4, -0.2) is 44.7 Å². The number of anilines is 2. The lowest BCUT2D eigenvalue weighted by Crippen LogP contribution is -2.35. The van der Waals surface area contributed by atoms with Crippen molar-refractivity contribution >= 4 is 38.6 Å². The number of aromatic nitrogens is 4. The van der Waals surface area contributed by atoms with Gasteiger partial charge in [0.2, 0.25) is 0 Å². The summed E-state index contributed by atoms with van der Waals surface area (Å²) < 4.78 is 0.980. The van der Waals surface area contributed by atoms with E-state index in [0.29, 0.717) is 17.4 Å². The summed E-state index contributed by atoms with van der Waals surface area (Å²) >= 11 is 3.55. The molecule has 0 amide bonds. The maximum absolute atomic E-state index is 9.36. The lowest BCUT2D eigenvalue weighted by Gasteiger charge is -2.32. The zero-order valence-electron chi connectivity index (χ0n) is 17.4. The number of fused-ring (bicyclic) bond motifs is 1. The molecule has 0 radical (unpaired) electrons. The summed E-state index contributed by atoms with van der Waals surface area (Å²) in [6.07, 6.45) is 5.28. The van der Waals surface area contributed by atoms with Crippen molar-refractivity contribution in [2.24, 2.45) is 5.92 Å². The number of hydrogen-bond donors (Lipinski definition) is 2. The monoisotopic (exact) mass is 490 g/mol. The van der Waals surface area contributed by atoms with Gasteiger partial charge >= 0.3 is 0 Å². The molecule has 0 saturated carbocycles. The fourth-order valence-electron chi connectivity index (χ4n) is 4.19. The fraction of sp³-hybridized carbons (Fsp3) is 0.250. The summed E-state index contributed by atoms with van der Waals surface area (Å²) in [5.74, 6) is 1.76. The molecule has 0 bridgehead atoms. The molecule has 3 aromatic heterocycles. The first-order valence-electron chi connectivity index (χ1n) is 10.6. The van der Waals surface area contributed by atoms with Gasteiger partial charge in [0, 0.05) is 35.9 Å². The quantitative estimate of drug-likeness (QED) is 0.439. The van der Waals surface area contributed by atoms with Crippen LogP contribution >= 0.6 is 15.9 Å². The average Bonchev–Trinajstić information content (AvgIpc) is 2.84. The molecular formula is C24H23BrN6O. The molecule has 1 aliphatic rings. The number of rotatable bonds is 4. The van der Waals surface area contributed by atoms with Crippen LogP contribution < -0.4 is 10.6 Å². The molecule has 5 rings (SSSR count). The first kappa shape index (κ1) is 20.8. The molecule has 0 atom stereocenters. The smallest absolute Gasteiger partial charge is 0.165 e. The van der Waals surface area contributed by atoms with E-state index in [2.05, 4.69) is 30.8 Å². The predicted molar refractivity (Wildman–Crippen MR) is 130 cm³/mol. The summed E-state index contributed by atoms with van der Waals surface area (Å²) in [5, 5.41) is 10.1. The largest absolute Gasteiger partial charge is 0.396 e. The molecule has 3 N–H and O–H groups in total. The zero-order chi connectivity index (χ0) is 22.1. The van der Waals surface area contributed by atoms with Gasteiger partial charge in [0.25, 0.3) is 0 Å². The molecule has 1 fully saturated rings. The van der Waals surface area contributed by atoms with E-state index < -0.39 is 0 Å². The van der Waals surface area contributed by atoms with Crippen molar-refractivity contribution in [2.45, 2.75) is 12.8 Å². The SMILES string of the molecule is Nc1ncnc2nc(-c3ccc(N4CCC(CO)CC4)nc3)cc(-c3cccc(Br)c3)c12. The van der Waals surface area contributed by atoms with Gasteiger partial charge in [-0.25, -0.2) is 19.9 Å². The van der Waals surface area contributed by atoms with Gasteiger partial charge in [-0.2, -0.15) is 0 Å². The summed E-state index contributed by atoms with van der Waals surface area (Å²) in [6, 6.07) is 14.2. The highest BCUT2D eigenvalue weighted by atomic mass is 79.9. The van der Waals surface area contributed by atoms with E-state index in [0.717, 1.165) is 64.0 Å². The van der Waals surface area contributed by atoms with Crippen molar-refractivity contribution in [1.29, 1.82) is 0 Å². The van der Waals surface area contributed by atoms with Crippen LogP contribution in [0, 0.1) is 5.92 Å². The average molecular weight is 491 g/mol. The van der Waals surface area contributed by atoms with E-state index in [9.17, 15) is 5.11 Å². The van der Waals surface area contributed by atoms with Gasteiger partial charge in [0.1, 0.15) is 18.0 Å². The molecule has 32 heavy (non-hydrogen) atoms. The predicted octanol–water partition coefficient (Wildman–Crippen LogP) is 4.31. The van der Waals surface area contributed by atoms with Gasteiger partial charge in [-0.3, -0.25) is 0 Å². The highest BCUT2D eigenvalue weighted by molar-refractivity contribution is 9.10. The Bertz CT molecular complexity index is 1260. The maximum atomic E-state index is 9.36. The highest BCUT2D eigenvalue weighted by Crippen LogP contribution is 2.35. The molecule has 1 aromatic carbocycles. The Hall–Kier alpha value is -3.10. The molecule has 0 aliphatic carbocycles. The number of nitrogens with zero attached hydrogens (tertiary/aromatic N) is 5. The summed E-state index contributed by atoms with van der Waals surface area (Å²) in [6.45, 7) is 2.09. The van der Waals surface area contributed by atoms with Gasteiger partial charge in [0.05, 0.1) is 11.1 Å². The van der Waals surface area contributed by atoms with Crippen LogP contribution in [0.15, 0.2) is 59.5 Å². The van der Waals surface area contributed by atoms with E-state index in [1.54, 1.807) is 0 Å². The minimum Gasteiger partial charge on any atom is -0.396 e. The van der Waals surface area contributed by atoms with Crippen molar-refractivity contribution < 1.29 is 5.11 Å². The van der Waals surface area contributed by atoms with Gasteiger partial charge in [-0.15, -0.1) is 0 Å². The Balaban J connectivity index is 1.53. The van der Waals surface area contributed by atoms with Crippen LogP contribution in [0.4, 0.5) is 11.6 Å². The Morgan fingerprint density at radius 3 is 2.59 bits per heavy atom. The lowest BCUT2D eigenvalue weighted by molar-refractivity contribution is 0.203. The van der Waals surface area contributed by atoms with Crippen LogP contribution in [-0.2, 0) is 0 Å². The minimum atomic E-state index is 0.266. The summed E-state index contributed by atoms with van der Waals surface area (Å²) in [4.78, 5) is 20.3. The summed E-state index contributed by atoms with van der Waals surface area (Å²) in [5.41, 5.74) is 10.4. The normalized spacial score (nSPS) is 14.8. The number of piperidine rings is 1. The molecule has 0 unspecified atom stereocenters. The van der Waals surface area contributed by atoms with Crippen molar-refractivity contribution in [1.82, 2.24) is 19.9 Å².